The zero-order valence-electron chi connectivity index (χ0n) is 19.6. The summed E-state index contributed by atoms with van der Waals surface area (Å²) in [5, 5.41) is 0. The number of methoxy groups -OCH3 is 6. The summed E-state index contributed by atoms with van der Waals surface area (Å²) in [5.74, 6) is 3.64. The van der Waals surface area contributed by atoms with Crippen molar-refractivity contribution in [1.82, 2.24) is 0 Å². The number of benzene rings is 2. The molecule has 2 aromatic carbocycles. The van der Waals surface area contributed by atoms with E-state index in [0.717, 1.165) is 20.9 Å². The maximum absolute atomic E-state index is 5.43. The Morgan fingerprint density at radius 3 is 1.09 bits per heavy atom. The topological polar surface area (TPSA) is 55.4 Å². The number of hydrogen-bond acceptors (Lipinski definition) is 7. The number of thiophene rings is 1. The summed E-state index contributed by atoms with van der Waals surface area (Å²) < 4.78 is 32.5. The predicted octanol–water partition coefficient (Wildman–Crippen LogP) is 6.14. The van der Waals surface area contributed by atoms with Crippen molar-refractivity contribution in [3.8, 4) is 34.5 Å². The van der Waals surface area contributed by atoms with Crippen LogP contribution in [0.15, 0.2) is 36.4 Å². The lowest BCUT2D eigenvalue weighted by Gasteiger charge is -2.12. The molecule has 1 heterocycles. The Bertz CT molecular complexity index is 1010. The maximum Gasteiger partial charge on any atom is 0.203 e. The SMILES string of the molecule is COc1cc(C=Cc2ccc(C=Cc3cc(OC)c(OC)c(OC)c3)s2)cc(OC)c1OC. The van der Waals surface area contributed by atoms with Gasteiger partial charge in [0, 0.05) is 9.75 Å². The highest BCUT2D eigenvalue weighted by Crippen LogP contribution is 2.40. The lowest BCUT2D eigenvalue weighted by atomic mass is 10.1. The first kappa shape index (κ1) is 24.1. The van der Waals surface area contributed by atoms with E-state index >= 15 is 0 Å². The molecule has 3 rings (SSSR count). The van der Waals surface area contributed by atoms with Crippen LogP contribution in [0, 0.1) is 0 Å². The molecule has 0 radical (unpaired) electrons. The van der Waals surface area contributed by atoms with Crippen molar-refractivity contribution in [2.45, 2.75) is 0 Å². The molecule has 0 amide bonds. The molecule has 33 heavy (non-hydrogen) atoms. The Morgan fingerprint density at radius 1 is 0.485 bits per heavy atom. The third kappa shape index (κ3) is 5.62. The predicted molar refractivity (Wildman–Crippen MR) is 134 cm³/mol. The van der Waals surface area contributed by atoms with Crippen molar-refractivity contribution in [2.24, 2.45) is 0 Å². The van der Waals surface area contributed by atoms with Crippen LogP contribution in [0.3, 0.4) is 0 Å². The zero-order valence-corrected chi connectivity index (χ0v) is 20.4. The Balaban J connectivity index is 1.80. The summed E-state index contributed by atoms with van der Waals surface area (Å²) >= 11 is 1.68. The first-order valence-electron chi connectivity index (χ1n) is 10.1. The van der Waals surface area contributed by atoms with Gasteiger partial charge in [-0.25, -0.2) is 0 Å². The third-order valence-corrected chi connectivity index (χ3v) is 5.92. The fourth-order valence-corrected chi connectivity index (χ4v) is 4.12. The Labute approximate surface area is 198 Å². The van der Waals surface area contributed by atoms with Gasteiger partial charge in [-0.1, -0.05) is 12.2 Å². The molecule has 0 aliphatic carbocycles. The van der Waals surface area contributed by atoms with E-state index in [1.165, 1.54) is 0 Å². The van der Waals surface area contributed by atoms with Gasteiger partial charge in [0.25, 0.3) is 0 Å². The van der Waals surface area contributed by atoms with Gasteiger partial charge in [-0.05, 0) is 59.7 Å². The molecular weight excluding hydrogens is 440 g/mol. The van der Waals surface area contributed by atoms with Crippen LogP contribution >= 0.6 is 11.3 Å². The molecule has 0 fully saturated rings. The molecule has 0 atom stereocenters. The van der Waals surface area contributed by atoms with Crippen LogP contribution in [0.1, 0.15) is 20.9 Å². The fraction of sp³-hybridized carbons (Fsp3) is 0.231. The lowest BCUT2D eigenvalue weighted by molar-refractivity contribution is 0.324. The van der Waals surface area contributed by atoms with E-state index in [9.17, 15) is 0 Å². The largest absolute Gasteiger partial charge is 0.493 e. The van der Waals surface area contributed by atoms with E-state index in [0.29, 0.717) is 34.5 Å². The van der Waals surface area contributed by atoms with Crippen LogP contribution in [-0.4, -0.2) is 42.7 Å². The van der Waals surface area contributed by atoms with Gasteiger partial charge in [-0.3, -0.25) is 0 Å². The summed E-state index contributed by atoms with van der Waals surface area (Å²) in [6.07, 6.45) is 8.15. The number of rotatable bonds is 10. The van der Waals surface area contributed by atoms with Crippen molar-refractivity contribution in [3.05, 3.63) is 57.3 Å². The second-order valence-electron chi connectivity index (χ2n) is 6.82. The van der Waals surface area contributed by atoms with Gasteiger partial charge in [0.2, 0.25) is 11.5 Å². The van der Waals surface area contributed by atoms with Crippen LogP contribution in [-0.2, 0) is 0 Å². The second-order valence-corrected chi connectivity index (χ2v) is 7.97. The Hall–Kier alpha value is -3.58. The first-order chi connectivity index (χ1) is 16.1. The molecule has 7 heteroatoms. The number of hydrogen-bond donors (Lipinski definition) is 0. The standard InChI is InChI=1S/C26H28O6S/c1-27-21-13-17(14-22(28-2)25(21)31-5)7-9-19-11-12-20(33-19)10-8-18-15-23(29-3)26(32-6)24(16-18)30-4/h7-16H,1-6H3. The molecule has 6 nitrogen and oxygen atoms in total. The molecule has 0 saturated heterocycles. The van der Waals surface area contributed by atoms with Crippen LogP contribution in [0.5, 0.6) is 34.5 Å². The monoisotopic (exact) mass is 468 g/mol. The van der Waals surface area contributed by atoms with E-state index in [-0.39, 0.29) is 0 Å². The minimum atomic E-state index is 0.576. The van der Waals surface area contributed by atoms with E-state index in [4.69, 9.17) is 28.4 Å². The first-order valence-corrected chi connectivity index (χ1v) is 10.9. The summed E-state index contributed by atoms with van der Waals surface area (Å²) in [4.78, 5) is 2.24. The van der Waals surface area contributed by atoms with Gasteiger partial charge in [-0.2, -0.15) is 0 Å². The van der Waals surface area contributed by atoms with Crippen molar-refractivity contribution < 1.29 is 28.4 Å². The lowest BCUT2D eigenvalue weighted by Crippen LogP contribution is -1.95. The molecule has 0 bridgehead atoms. The maximum atomic E-state index is 5.43. The molecule has 1 aromatic heterocycles. The van der Waals surface area contributed by atoms with E-state index in [2.05, 4.69) is 24.3 Å². The minimum absolute atomic E-state index is 0.576. The van der Waals surface area contributed by atoms with E-state index in [1.54, 1.807) is 54.0 Å². The van der Waals surface area contributed by atoms with Crippen LogP contribution in [0.25, 0.3) is 24.3 Å². The highest BCUT2D eigenvalue weighted by molar-refractivity contribution is 7.13. The average molecular weight is 469 g/mol. The minimum Gasteiger partial charge on any atom is -0.493 e. The fourth-order valence-electron chi connectivity index (χ4n) is 3.30. The van der Waals surface area contributed by atoms with Crippen molar-refractivity contribution in [2.75, 3.05) is 42.7 Å². The second kappa shape index (κ2) is 11.3. The smallest absolute Gasteiger partial charge is 0.203 e. The van der Waals surface area contributed by atoms with Gasteiger partial charge in [-0.15, -0.1) is 11.3 Å². The molecule has 3 aromatic rings. The van der Waals surface area contributed by atoms with Crippen LogP contribution in [0.2, 0.25) is 0 Å². The zero-order chi connectivity index (χ0) is 23.8. The number of ether oxygens (including phenoxy) is 6. The normalized spacial score (nSPS) is 11.1. The highest BCUT2D eigenvalue weighted by Gasteiger charge is 2.13. The van der Waals surface area contributed by atoms with E-state index < -0.39 is 0 Å². The van der Waals surface area contributed by atoms with Crippen LogP contribution < -0.4 is 28.4 Å². The average Bonchev–Trinajstić information content (AvgIpc) is 3.32. The Kier molecular flexibility index (Phi) is 8.27. The Morgan fingerprint density at radius 2 is 0.818 bits per heavy atom. The van der Waals surface area contributed by atoms with Gasteiger partial charge < -0.3 is 28.4 Å². The molecule has 174 valence electrons. The quantitative estimate of drug-likeness (QED) is 0.356. The highest BCUT2D eigenvalue weighted by atomic mass is 32.1. The van der Waals surface area contributed by atoms with Gasteiger partial charge in [0.05, 0.1) is 42.7 Å². The molecule has 0 unspecified atom stereocenters. The summed E-state index contributed by atoms with van der Waals surface area (Å²) in [6, 6.07) is 11.8. The van der Waals surface area contributed by atoms with E-state index in [1.807, 2.05) is 36.4 Å². The molecular formula is C26H28O6S. The summed E-state index contributed by atoms with van der Waals surface area (Å²) in [6.45, 7) is 0. The van der Waals surface area contributed by atoms with Crippen LogP contribution in [0.4, 0.5) is 0 Å². The van der Waals surface area contributed by atoms with Gasteiger partial charge in [0.15, 0.2) is 23.0 Å². The summed E-state index contributed by atoms with van der Waals surface area (Å²) in [7, 11) is 9.62. The molecule has 0 aliphatic heterocycles. The molecule has 0 N–H and O–H groups in total. The van der Waals surface area contributed by atoms with Crippen molar-refractivity contribution >= 4 is 35.6 Å². The van der Waals surface area contributed by atoms with Crippen molar-refractivity contribution in [1.29, 1.82) is 0 Å². The molecule has 0 aliphatic rings. The molecule has 0 spiro atoms. The third-order valence-electron chi connectivity index (χ3n) is 4.90. The van der Waals surface area contributed by atoms with Gasteiger partial charge >= 0.3 is 0 Å². The molecule has 0 saturated carbocycles. The van der Waals surface area contributed by atoms with Gasteiger partial charge in [0.1, 0.15) is 0 Å². The summed E-state index contributed by atoms with van der Waals surface area (Å²) in [5.41, 5.74) is 1.90. The van der Waals surface area contributed by atoms with Crippen molar-refractivity contribution in [3.63, 3.8) is 0 Å².